The minimum atomic E-state index is -0.599. The second-order valence-electron chi connectivity index (χ2n) is 8.51. The number of rotatable bonds is 2. The van der Waals surface area contributed by atoms with E-state index in [1.165, 1.54) is 6.07 Å². The maximum Gasteiger partial charge on any atom is 0.322 e. The molecule has 3 aliphatic heterocycles. The van der Waals surface area contributed by atoms with Gasteiger partial charge in [-0.25, -0.2) is 14.2 Å². The van der Waals surface area contributed by atoms with Gasteiger partial charge in [0.15, 0.2) is 0 Å². The molecule has 3 heterocycles. The van der Waals surface area contributed by atoms with Gasteiger partial charge in [-0.1, -0.05) is 24.3 Å². The first-order chi connectivity index (χ1) is 15.4. The summed E-state index contributed by atoms with van der Waals surface area (Å²) in [5.74, 6) is 0.501. The first-order valence-electron chi connectivity index (χ1n) is 10.8. The number of aromatic nitrogens is 2. The molecule has 0 aliphatic carbocycles. The standard InChI is InChI=1S/C26H25FN4O/c1-16-13-17(2)15-18(14-16)28-26(32)31-12-10-19-20-8-6-11-30(3)25(20)29-23(19)24(31)21-7-4-5-9-22(21)27/h4-9,11,13-15,24H,10,12H2,1-3H3,(H,28,32). The number of carbonyl (C=O) groups excluding carboxylic acids is 1. The fourth-order valence-corrected chi connectivity index (χ4v) is 4.77. The van der Waals surface area contributed by atoms with E-state index in [2.05, 4.69) is 11.4 Å². The summed E-state index contributed by atoms with van der Waals surface area (Å²) in [6.07, 6.45) is 2.62. The van der Waals surface area contributed by atoms with Gasteiger partial charge in [-0.2, -0.15) is 0 Å². The maximum absolute atomic E-state index is 15.0. The Hall–Kier alpha value is -3.67. The summed E-state index contributed by atoms with van der Waals surface area (Å²) in [5.41, 5.74) is 6.22. The fourth-order valence-electron chi connectivity index (χ4n) is 4.77. The van der Waals surface area contributed by atoms with Crippen molar-refractivity contribution < 1.29 is 9.18 Å². The molecule has 0 fully saturated rings. The van der Waals surface area contributed by atoms with E-state index >= 15 is 0 Å². The predicted octanol–water partition coefficient (Wildman–Crippen LogP) is 5.46. The minimum absolute atomic E-state index is 0.259. The van der Waals surface area contributed by atoms with Gasteiger partial charge in [-0.3, -0.25) is 0 Å². The molecule has 32 heavy (non-hydrogen) atoms. The van der Waals surface area contributed by atoms with E-state index in [0.29, 0.717) is 18.5 Å². The van der Waals surface area contributed by atoms with Crippen LogP contribution in [0.2, 0.25) is 0 Å². The summed E-state index contributed by atoms with van der Waals surface area (Å²) in [5, 5.41) is 3.02. The van der Waals surface area contributed by atoms with E-state index in [4.69, 9.17) is 4.98 Å². The van der Waals surface area contributed by atoms with Crippen molar-refractivity contribution in [3.05, 3.63) is 94.6 Å². The lowest BCUT2D eigenvalue weighted by molar-refractivity contribution is 0.192. The molecule has 0 radical (unpaired) electrons. The molecule has 1 unspecified atom stereocenters. The van der Waals surface area contributed by atoms with Gasteiger partial charge < -0.3 is 14.8 Å². The zero-order chi connectivity index (χ0) is 22.4. The van der Waals surface area contributed by atoms with Crippen LogP contribution in [-0.2, 0) is 13.5 Å². The molecule has 5 rings (SSSR count). The Morgan fingerprint density at radius 3 is 2.59 bits per heavy atom. The molecule has 2 aromatic rings. The van der Waals surface area contributed by atoms with Crippen LogP contribution in [0.5, 0.6) is 0 Å². The monoisotopic (exact) mass is 428 g/mol. The SMILES string of the molecule is Cc1cc(C)cc(NC(=O)N2CCc3c4cccn(C)c-4nc3C2c2ccccc2F)c1. The number of carbonyl (C=O) groups is 1. The highest BCUT2D eigenvalue weighted by Gasteiger charge is 2.38. The third-order valence-corrected chi connectivity index (χ3v) is 6.12. The van der Waals surface area contributed by atoms with E-state index in [0.717, 1.165) is 39.5 Å². The van der Waals surface area contributed by atoms with Crippen molar-refractivity contribution in [2.75, 3.05) is 11.9 Å². The number of amides is 2. The molecule has 1 atom stereocenters. The lowest BCUT2D eigenvalue weighted by Gasteiger charge is -2.35. The van der Waals surface area contributed by atoms with Crippen LogP contribution in [-0.4, -0.2) is 27.0 Å². The van der Waals surface area contributed by atoms with Gasteiger partial charge in [0, 0.05) is 36.6 Å². The highest BCUT2D eigenvalue weighted by Crippen LogP contribution is 2.41. The van der Waals surface area contributed by atoms with E-state index < -0.39 is 6.04 Å². The van der Waals surface area contributed by atoms with Gasteiger partial charge in [-0.15, -0.1) is 0 Å². The zero-order valence-corrected chi connectivity index (χ0v) is 18.4. The number of urea groups is 1. The summed E-state index contributed by atoms with van der Waals surface area (Å²) in [7, 11) is 1.95. The number of aryl methyl sites for hydroxylation is 3. The summed E-state index contributed by atoms with van der Waals surface area (Å²) < 4.78 is 16.9. The Kier molecular flexibility index (Phi) is 4.93. The molecule has 1 N–H and O–H groups in total. The number of hydrogen-bond donors (Lipinski definition) is 1. The number of fused-ring (bicyclic) bond motifs is 3. The highest BCUT2D eigenvalue weighted by atomic mass is 19.1. The van der Waals surface area contributed by atoms with Crippen LogP contribution in [0.1, 0.15) is 34.0 Å². The van der Waals surface area contributed by atoms with Gasteiger partial charge in [0.05, 0.1) is 5.69 Å². The van der Waals surface area contributed by atoms with Crippen LogP contribution in [0.15, 0.2) is 60.8 Å². The van der Waals surface area contributed by atoms with Gasteiger partial charge in [0.25, 0.3) is 0 Å². The van der Waals surface area contributed by atoms with Crippen LogP contribution < -0.4 is 5.32 Å². The lowest BCUT2D eigenvalue weighted by Crippen LogP contribution is -2.43. The third-order valence-electron chi connectivity index (χ3n) is 6.12. The Morgan fingerprint density at radius 2 is 1.84 bits per heavy atom. The van der Waals surface area contributed by atoms with Crippen molar-refractivity contribution in [1.82, 2.24) is 14.5 Å². The van der Waals surface area contributed by atoms with E-state index in [1.807, 2.05) is 55.9 Å². The van der Waals surface area contributed by atoms with E-state index in [9.17, 15) is 9.18 Å². The van der Waals surface area contributed by atoms with Crippen LogP contribution in [0, 0.1) is 19.7 Å². The van der Waals surface area contributed by atoms with Crippen molar-refractivity contribution in [1.29, 1.82) is 0 Å². The smallest absolute Gasteiger partial charge is 0.322 e. The van der Waals surface area contributed by atoms with Gasteiger partial charge in [0.1, 0.15) is 17.7 Å². The molecule has 2 aromatic carbocycles. The normalized spacial score (nSPS) is 15.6. The second-order valence-corrected chi connectivity index (χ2v) is 8.51. The second kappa shape index (κ2) is 7.79. The molecule has 0 aromatic heterocycles. The molecule has 5 nitrogen and oxygen atoms in total. The summed E-state index contributed by atoms with van der Waals surface area (Å²) in [4.78, 5) is 20.0. The minimum Gasteiger partial charge on any atom is -0.336 e. The van der Waals surface area contributed by atoms with E-state index in [-0.39, 0.29) is 11.8 Å². The molecule has 162 valence electrons. The number of nitrogens with zero attached hydrogens (tertiary/aromatic N) is 3. The first kappa shape index (κ1) is 20.2. The average molecular weight is 429 g/mol. The molecule has 2 amide bonds. The average Bonchev–Trinajstić information content (AvgIpc) is 3.13. The number of benzene rings is 2. The molecular formula is C26H25FN4O. The topological polar surface area (TPSA) is 50.2 Å². The van der Waals surface area contributed by atoms with Gasteiger partial charge in [0.2, 0.25) is 0 Å². The third kappa shape index (κ3) is 3.42. The van der Waals surface area contributed by atoms with Crippen molar-refractivity contribution in [3.63, 3.8) is 0 Å². The van der Waals surface area contributed by atoms with Crippen LogP contribution >= 0.6 is 0 Å². The Labute approximate surface area is 186 Å². The number of halogens is 1. The number of anilines is 1. The van der Waals surface area contributed by atoms with Crippen molar-refractivity contribution in [3.8, 4) is 11.4 Å². The number of pyridine rings is 1. The van der Waals surface area contributed by atoms with Crippen LogP contribution in [0.25, 0.3) is 11.4 Å². The summed E-state index contributed by atoms with van der Waals surface area (Å²) in [6.45, 7) is 4.47. The number of nitrogens with one attached hydrogen (secondary N) is 1. The van der Waals surface area contributed by atoms with Crippen LogP contribution in [0.4, 0.5) is 14.9 Å². The largest absolute Gasteiger partial charge is 0.336 e. The Bertz CT molecular complexity index is 1270. The fraction of sp³-hybridized carbons (Fsp3) is 0.231. The lowest BCUT2D eigenvalue weighted by atomic mass is 9.91. The molecule has 0 bridgehead atoms. The summed E-state index contributed by atoms with van der Waals surface area (Å²) in [6, 6.07) is 15.8. The van der Waals surface area contributed by atoms with Crippen molar-refractivity contribution in [2.45, 2.75) is 26.3 Å². The zero-order valence-electron chi connectivity index (χ0n) is 18.4. The predicted molar refractivity (Wildman–Crippen MR) is 123 cm³/mol. The Balaban J connectivity index is 1.61. The molecule has 3 aliphatic rings. The van der Waals surface area contributed by atoms with Crippen molar-refractivity contribution in [2.24, 2.45) is 7.05 Å². The van der Waals surface area contributed by atoms with Crippen LogP contribution in [0.3, 0.4) is 0 Å². The molecule has 0 saturated carbocycles. The molecule has 0 saturated heterocycles. The first-order valence-corrected chi connectivity index (χ1v) is 10.8. The molecule has 0 spiro atoms. The highest BCUT2D eigenvalue weighted by molar-refractivity contribution is 5.90. The van der Waals surface area contributed by atoms with E-state index in [1.54, 1.807) is 23.1 Å². The van der Waals surface area contributed by atoms with Crippen molar-refractivity contribution >= 4 is 11.7 Å². The van der Waals surface area contributed by atoms with Gasteiger partial charge in [-0.05, 0) is 67.3 Å². The maximum atomic E-state index is 15.0. The van der Waals surface area contributed by atoms with Gasteiger partial charge >= 0.3 is 6.03 Å². The molecule has 6 heteroatoms. The Morgan fingerprint density at radius 1 is 1.09 bits per heavy atom. The summed E-state index contributed by atoms with van der Waals surface area (Å²) >= 11 is 0. The number of hydrogen-bond acceptors (Lipinski definition) is 2. The quantitative estimate of drug-likeness (QED) is 0.461. The molecular weight excluding hydrogens is 403 g/mol.